The smallest absolute Gasteiger partial charge is 0.335 e. The third kappa shape index (κ3) is 3.96. The number of aromatic nitrogens is 2. The zero-order valence-electron chi connectivity index (χ0n) is 13.2. The fourth-order valence-corrected chi connectivity index (χ4v) is 2.49. The van der Waals surface area contributed by atoms with Gasteiger partial charge >= 0.3 is 5.97 Å². The average Bonchev–Trinajstić information content (AvgIpc) is 2.62. The van der Waals surface area contributed by atoms with Crippen LogP contribution in [-0.2, 0) is 0 Å². The van der Waals surface area contributed by atoms with Crippen molar-refractivity contribution in [2.45, 2.75) is 0 Å². The van der Waals surface area contributed by atoms with Crippen molar-refractivity contribution < 1.29 is 9.90 Å². The molecule has 0 saturated carbocycles. The van der Waals surface area contributed by atoms with Crippen molar-refractivity contribution in [1.29, 1.82) is 0 Å². The fourth-order valence-electron chi connectivity index (χ4n) is 2.15. The van der Waals surface area contributed by atoms with Crippen molar-refractivity contribution in [3.63, 3.8) is 0 Å². The van der Waals surface area contributed by atoms with Gasteiger partial charge in [0.2, 0.25) is 0 Å². The van der Waals surface area contributed by atoms with Gasteiger partial charge in [-0.1, -0.05) is 23.2 Å². The largest absolute Gasteiger partial charge is 0.478 e. The molecule has 0 aliphatic rings. The molecule has 3 rings (SSSR count). The summed E-state index contributed by atoms with van der Waals surface area (Å²) in [4.78, 5) is 19.1. The van der Waals surface area contributed by atoms with Gasteiger partial charge in [0.25, 0.3) is 0 Å². The highest BCUT2D eigenvalue weighted by molar-refractivity contribution is 6.35. The highest BCUT2D eigenvalue weighted by Gasteiger charge is 2.11. The van der Waals surface area contributed by atoms with Gasteiger partial charge in [-0.2, -0.15) is 0 Å². The van der Waals surface area contributed by atoms with Crippen LogP contribution in [0.1, 0.15) is 10.4 Å². The third-order valence-electron chi connectivity index (χ3n) is 3.46. The van der Waals surface area contributed by atoms with E-state index in [0.29, 0.717) is 33.1 Å². The second-order valence-corrected chi connectivity index (χ2v) is 6.08. The van der Waals surface area contributed by atoms with Gasteiger partial charge in [-0.3, -0.25) is 0 Å². The Labute approximate surface area is 158 Å². The molecule has 9 heteroatoms. The van der Waals surface area contributed by atoms with Crippen LogP contribution in [0.3, 0.4) is 0 Å². The maximum atomic E-state index is 10.9. The van der Waals surface area contributed by atoms with E-state index in [4.69, 9.17) is 34.0 Å². The molecule has 0 atom stereocenters. The quantitative estimate of drug-likeness (QED) is 0.505. The van der Waals surface area contributed by atoms with Crippen molar-refractivity contribution in [3.05, 3.63) is 64.4 Å². The Balaban J connectivity index is 1.85. The number of aromatic carboxylic acids is 1. The predicted octanol–water partition coefficient (Wildman–Crippen LogP) is 4.55. The van der Waals surface area contributed by atoms with Crippen LogP contribution in [0.15, 0.2) is 48.8 Å². The lowest BCUT2D eigenvalue weighted by Crippen LogP contribution is -2.05. The Morgan fingerprint density at radius 1 is 1.00 bits per heavy atom. The van der Waals surface area contributed by atoms with Gasteiger partial charge in [0.15, 0.2) is 11.6 Å². The minimum absolute atomic E-state index is 0.184. The summed E-state index contributed by atoms with van der Waals surface area (Å²) in [6.45, 7) is 0. The fraction of sp³-hybridized carbons (Fsp3) is 0. The molecule has 0 unspecified atom stereocenters. The number of hydrogen-bond acceptors (Lipinski definition) is 6. The summed E-state index contributed by atoms with van der Waals surface area (Å²) in [6, 6.07) is 11.2. The molecule has 0 spiro atoms. The molecule has 0 aliphatic heterocycles. The zero-order valence-corrected chi connectivity index (χ0v) is 14.7. The minimum Gasteiger partial charge on any atom is -0.478 e. The van der Waals surface area contributed by atoms with E-state index in [1.807, 2.05) is 0 Å². The van der Waals surface area contributed by atoms with Gasteiger partial charge in [0.1, 0.15) is 12.0 Å². The molecular weight excluding hydrogens is 377 g/mol. The number of carbonyl (C=O) groups is 1. The molecule has 0 saturated heterocycles. The van der Waals surface area contributed by atoms with Gasteiger partial charge in [0, 0.05) is 10.7 Å². The number of carboxylic acid groups (broad SMARTS) is 1. The van der Waals surface area contributed by atoms with Crippen LogP contribution in [0.25, 0.3) is 0 Å². The molecule has 7 nitrogen and oxygen atoms in total. The molecule has 5 N–H and O–H groups in total. The van der Waals surface area contributed by atoms with Crippen molar-refractivity contribution in [2.75, 3.05) is 16.4 Å². The number of benzene rings is 2. The highest BCUT2D eigenvalue weighted by atomic mass is 35.5. The van der Waals surface area contributed by atoms with E-state index >= 15 is 0 Å². The molecule has 1 heterocycles. The molecule has 2 aromatic carbocycles. The monoisotopic (exact) mass is 389 g/mol. The number of nitrogen functional groups attached to an aromatic ring is 1. The maximum absolute atomic E-state index is 10.9. The highest BCUT2D eigenvalue weighted by Crippen LogP contribution is 2.32. The van der Waals surface area contributed by atoms with Crippen LogP contribution in [-0.4, -0.2) is 21.0 Å². The van der Waals surface area contributed by atoms with Gasteiger partial charge in [-0.15, -0.1) is 0 Å². The van der Waals surface area contributed by atoms with Crippen LogP contribution >= 0.6 is 23.2 Å². The second kappa shape index (κ2) is 7.47. The molecule has 3 aromatic rings. The summed E-state index contributed by atoms with van der Waals surface area (Å²) in [5, 5.41) is 16.0. The Morgan fingerprint density at radius 3 is 2.31 bits per heavy atom. The van der Waals surface area contributed by atoms with Gasteiger partial charge in [-0.25, -0.2) is 14.8 Å². The molecule has 0 bridgehead atoms. The Morgan fingerprint density at radius 2 is 1.65 bits per heavy atom. The molecule has 1 aromatic heterocycles. The van der Waals surface area contributed by atoms with E-state index in [1.54, 1.807) is 30.3 Å². The Kier molecular flexibility index (Phi) is 5.11. The Hall–Kier alpha value is -3.03. The number of hydrogen-bond donors (Lipinski definition) is 4. The SMILES string of the molecule is Nc1c(Nc2ccc(C(=O)O)cc2)ncnc1Nc1cc(Cl)ccc1Cl. The number of nitrogens with zero attached hydrogens (tertiary/aromatic N) is 2. The lowest BCUT2D eigenvalue weighted by molar-refractivity contribution is 0.0697. The zero-order chi connectivity index (χ0) is 18.7. The molecule has 26 heavy (non-hydrogen) atoms. The van der Waals surface area contributed by atoms with Crippen LogP contribution in [0.5, 0.6) is 0 Å². The van der Waals surface area contributed by atoms with E-state index < -0.39 is 5.97 Å². The summed E-state index contributed by atoms with van der Waals surface area (Å²) < 4.78 is 0. The molecule has 0 aliphatic carbocycles. The topological polar surface area (TPSA) is 113 Å². The summed E-state index contributed by atoms with van der Waals surface area (Å²) in [5.41, 5.74) is 7.77. The standard InChI is InChI=1S/C17H13Cl2N5O2/c18-10-3-6-12(19)13(7-10)24-16-14(20)15(21-8-22-16)23-11-4-1-9(2-5-11)17(25)26/h1-8H,20H2,(H,25,26)(H2,21,22,23,24). The first-order valence-electron chi connectivity index (χ1n) is 7.37. The van der Waals surface area contributed by atoms with Crippen molar-refractivity contribution in [2.24, 2.45) is 0 Å². The third-order valence-corrected chi connectivity index (χ3v) is 4.02. The summed E-state index contributed by atoms with van der Waals surface area (Å²) in [7, 11) is 0. The van der Waals surface area contributed by atoms with E-state index in [1.165, 1.54) is 18.5 Å². The van der Waals surface area contributed by atoms with Gasteiger partial charge in [-0.05, 0) is 42.5 Å². The number of rotatable bonds is 5. The molecule has 0 fully saturated rings. The van der Waals surface area contributed by atoms with Crippen molar-refractivity contribution in [1.82, 2.24) is 9.97 Å². The summed E-state index contributed by atoms with van der Waals surface area (Å²) in [5.74, 6) is -0.277. The summed E-state index contributed by atoms with van der Waals surface area (Å²) >= 11 is 12.1. The summed E-state index contributed by atoms with van der Waals surface area (Å²) in [6.07, 6.45) is 1.34. The van der Waals surface area contributed by atoms with Gasteiger partial charge < -0.3 is 21.5 Å². The molecule has 0 radical (unpaired) electrons. The second-order valence-electron chi connectivity index (χ2n) is 5.24. The van der Waals surface area contributed by atoms with Crippen LogP contribution in [0.4, 0.5) is 28.7 Å². The number of halogens is 2. The number of anilines is 5. The Bertz CT molecular complexity index is 964. The first kappa shape index (κ1) is 17.8. The normalized spacial score (nSPS) is 10.4. The first-order valence-corrected chi connectivity index (χ1v) is 8.12. The average molecular weight is 390 g/mol. The molecule has 132 valence electrons. The van der Waals surface area contributed by atoms with Crippen LogP contribution < -0.4 is 16.4 Å². The number of carboxylic acids is 1. The molecule has 0 amide bonds. The van der Waals surface area contributed by atoms with E-state index in [2.05, 4.69) is 20.6 Å². The molecular formula is C17H13Cl2N5O2. The van der Waals surface area contributed by atoms with Gasteiger partial charge in [0.05, 0.1) is 16.3 Å². The van der Waals surface area contributed by atoms with Crippen LogP contribution in [0.2, 0.25) is 10.0 Å². The first-order chi connectivity index (χ1) is 12.4. The number of nitrogens with two attached hydrogens (primary N) is 1. The maximum Gasteiger partial charge on any atom is 0.335 e. The van der Waals surface area contributed by atoms with Crippen LogP contribution in [0, 0.1) is 0 Å². The van der Waals surface area contributed by atoms with Crippen molar-refractivity contribution in [3.8, 4) is 0 Å². The van der Waals surface area contributed by atoms with E-state index in [9.17, 15) is 4.79 Å². The lowest BCUT2D eigenvalue weighted by Gasteiger charge is -2.13. The van der Waals surface area contributed by atoms with Crippen molar-refractivity contribution >= 4 is 57.9 Å². The lowest BCUT2D eigenvalue weighted by atomic mass is 10.2. The van der Waals surface area contributed by atoms with E-state index in [-0.39, 0.29) is 11.3 Å². The number of nitrogens with one attached hydrogen (secondary N) is 2. The predicted molar refractivity (Wildman–Crippen MR) is 103 cm³/mol. The minimum atomic E-state index is -0.997. The van der Waals surface area contributed by atoms with E-state index in [0.717, 1.165) is 0 Å².